The Bertz CT molecular complexity index is 960. The van der Waals surface area contributed by atoms with E-state index < -0.39 is 6.03 Å². The average Bonchev–Trinajstić information content (AvgIpc) is 2.97. The maximum Gasteiger partial charge on any atom is 0.328 e. The lowest BCUT2D eigenvalue weighted by atomic mass is 10.1. The van der Waals surface area contributed by atoms with Crippen LogP contribution in [0.5, 0.6) is 11.5 Å². The summed E-state index contributed by atoms with van der Waals surface area (Å²) in [5.74, 6) is 0.314. The molecule has 3 rings (SSSR count). The summed E-state index contributed by atoms with van der Waals surface area (Å²) in [5.41, 5.74) is 1.67. The van der Waals surface area contributed by atoms with Crippen LogP contribution in [0.3, 0.4) is 0 Å². The number of urea groups is 1. The zero-order valence-electron chi connectivity index (χ0n) is 16.0. The second kappa shape index (κ2) is 9.09. The number of hydrogen-bond donors (Lipinski definition) is 1. The molecule has 2 aromatic rings. The molecule has 0 saturated carbocycles. The normalized spacial score (nSPS) is 15.0. The van der Waals surface area contributed by atoms with Crippen LogP contribution < -0.4 is 14.8 Å². The van der Waals surface area contributed by atoms with Crippen LogP contribution in [0.1, 0.15) is 25.0 Å². The summed E-state index contributed by atoms with van der Waals surface area (Å²) in [4.78, 5) is 25.3. The lowest BCUT2D eigenvalue weighted by Crippen LogP contribution is -2.30. The van der Waals surface area contributed by atoms with Crippen LogP contribution in [-0.4, -0.2) is 30.0 Å². The lowest BCUT2D eigenvalue weighted by Gasteiger charge is -2.14. The molecule has 1 N–H and O–H groups in total. The van der Waals surface area contributed by atoms with Crippen molar-refractivity contribution in [2.24, 2.45) is 0 Å². The minimum absolute atomic E-state index is 0.194. The van der Waals surface area contributed by atoms with Crippen LogP contribution >= 0.6 is 15.9 Å². The van der Waals surface area contributed by atoms with Crippen LogP contribution in [0.2, 0.25) is 0 Å². The van der Waals surface area contributed by atoms with Crippen molar-refractivity contribution < 1.29 is 23.5 Å². The molecule has 1 aliphatic heterocycles. The summed E-state index contributed by atoms with van der Waals surface area (Å²) in [6.07, 6.45) is 1.59. The van der Waals surface area contributed by atoms with Crippen molar-refractivity contribution >= 4 is 33.9 Å². The van der Waals surface area contributed by atoms with Crippen LogP contribution in [0.4, 0.5) is 9.18 Å². The van der Waals surface area contributed by atoms with E-state index in [1.165, 1.54) is 12.1 Å². The standard InChI is InChI=1S/C21H20BrFN2O4/c1-3-25-20(26)17(24-21(25)27)9-14-10-18(28-4-2)19(11-16(14)22)29-12-13-5-7-15(23)8-6-13/h5-11H,3-4,12H2,1-2H3,(H,24,27)/b17-9+. The molecule has 6 nitrogen and oxygen atoms in total. The fourth-order valence-electron chi connectivity index (χ4n) is 2.80. The van der Waals surface area contributed by atoms with Gasteiger partial charge in [-0.25, -0.2) is 9.18 Å². The third-order valence-corrected chi connectivity index (χ3v) is 4.94. The number of amides is 3. The highest BCUT2D eigenvalue weighted by atomic mass is 79.9. The number of rotatable bonds is 7. The van der Waals surface area contributed by atoms with E-state index in [4.69, 9.17) is 9.47 Å². The van der Waals surface area contributed by atoms with Crippen LogP contribution in [-0.2, 0) is 11.4 Å². The van der Waals surface area contributed by atoms with Gasteiger partial charge in [0.25, 0.3) is 5.91 Å². The van der Waals surface area contributed by atoms with E-state index in [1.54, 1.807) is 37.3 Å². The molecule has 1 saturated heterocycles. The van der Waals surface area contributed by atoms with E-state index in [0.717, 1.165) is 10.5 Å². The van der Waals surface area contributed by atoms with Crippen LogP contribution in [0.15, 0.2) is 46.6 Å². The summed E-state index contributed by atoms with van der Waals surface area (Å²) in [6, 6.07) is 9.08. The molecule has 1 fully saturated rings. The Balaban J connectivity index is 1.86. The molecule has 0 bridgehead atoms. The summed E-state index contributed by atoms with van der Waals surface area (Å²) < 4.78 is 25.2. The number of imide groups is 1. The van der Waals surface area contributed by atoms with E-state index in [0.29, 0.717) is 34.7 Å². The Morgan fingerprint density at radius 2 is 1.79 bits per heavy atom. The first-order chi connectivity index (χ1) is 13.9. The lowest BCUT2D eigenvalue weighted by molar-refractivity contribution is -0.122. The van der Waals surface area contributed by atoms with E-state index >= 15 is 0 Å². The highest BCUT2D eigenvalue weighted by Crippen LogP contribution is 2.35. The fourth-order valence-corrected chi connectivity index (χ4v) is 3.24. The molecule has 152 valence electrons. The number of carbonyl (C=O) groups excluding carboxylic acids is 2. The summed E-state index contributed by atoms with van der Waals surface area (Å²) in [5, 5.41) is 2.57. The molecule has 0 aliphatic carbocycles. The maximum atomic E-state index is 13.1. The molecule has 0 radical (unpaired) electrons. The minimum atomic E-state index is -0.441. The average molecular weight is 463 g/mol. The molecule has 29 heavy (non-hydrogen) atoms. The van der Waals surface area contributed by atoms with E-state index in [1.807, 2.05) is 6.92 Å². The number of carbonyl (C=O) groups is 2. The molecule has 0 unspecified atom stereocenters. The van der Waals surface area contributed by atoms with Crippen molar-refractivity contribution in [3.63, 3.8) is 0 Å². The van der Waals surface area contributed by atoms with Gasteiger partial charge >= 0.3 is 6.03 Å². The number of halogens is 2. The highest BCUT2D eigenvalue weighted by Gasteiger charge is 2.32. The summed E-state index contributed by atoms with van der Waals surface area (Å²) in [7, 11) is 0. The molecule has 0 atom stereocenters. The Morgan fingerprint density at radius 3 is 2.41 bits per heavy atom. The van der Waals surface area contributed by atoms with Crippen molar-refractivity contribution in [3.8, 4) is 11.5 Å². The van der Waals surface area contributed by atoms with Gasteiger partial charge in [0, 0.05) is 11.0 Å². The van der Waals surface area contributed by atoms with Gasteiger partial charge < -0.3 is 14.8 Å². The Labute approximate surface area is 176 Å². The molecule has 0 aromatic heterocycles. The van der Waals surface area contributed by atoms with Gasteiger partial charge in [-0.05, 0) is 55.3 Å². The predicted octanol–water partition coefficient (Wildman–Crippen LogP) is 4.48. The second-order valence-corrected chi connectivity index (χ2v) is 7.06. The monoisotopic (exact) mass is 462 g/mol. The van der Waals surface area contributed by atoms with Gasteiger partial charge in [0.1, 0.15) is 18.1 Å². The fraction of sp³-hybridized carbons (Fsp3) is 0.238. The number of likely N-dealkylation sites (N-methyl/N-ethyl adjacent to an activating group) is 1. The third kappa shape index (κ3) is 4.76. The van der Waals surface area contributed by atoms with Crippen molar-refractivity contribution in [2.75, 3.05) is 13.2 Å². The molecule has 8 heteroatoms. The molecule has 1 aliphatic rings. The Morgan fingerprint density at radius 1 is 1.10 bits per heavy atom. The van der Waals surface area contributed by atoms with Gasteiger partial charge in [-0.3, -0.25) is 9.69 Å². The van der Waals surface area contributed by atoms with Gasteiger partial charge in [-0.15, -0.1) is 0 Å². The second-order valence-electron chi connectivity index (χ2n) is 6.21. The van der Waals surface area contributed by atoms with Gasteiger partial charge in [0.15, 0.2) is 11.5 Å². The molecular formula is C21H20BrFN2O4. The smallest absolute Gasteiger partial charge is 0.328 e. The van der Waals surface area contributed by atoms with E-state index in [9.17, 15) is 14.0 Å². The van der Waals surface area contributed by atoms with Crippen molar-refractivity contribution in [2.45, 2.75) is 20.5 Å². The molecular weight excluding hydrogens is 443 g/mol. The number of nitrogens with one attached hydrogen (secondary N) is 1. The summed E-state index contributed by atoms with van der Waals surface area (Å²) >= 11 is 3.48. The molecule has 3 amide bonds. The van der Waals surface area contributed by atoms with Crippen molar-refractivity contribution in [1.29, 1.82) is 0 Å². The molecule has 0 spiro atoms. The van der Waals surface area contributed by atoms with E-state index in [2.05, 4.69) is 21.2 Å². The number of nitrogens with zero attached hydrogens (tertiary/aromatic N) is 1. The van der Waals surface area contributed by atoms with Gasteiger partial charge in [0.2, 0.25) is 0 Å². The molecule has 2 aromatic carbocycles. The van der Waals surface area contributed by atoms with Crippen LogP contribution in [0.25, 0.3) is 6.08 Å². The van der Waals surface area contributed by atoms with Gasteiger partial charge in [0.05, 0.1) is 6.61 Å². The topological polar surface area (TPSA) is 67.9 Å². The first-order valence-corrected chi connectivity index (χ1v) is 9.90. The highest BCUT2D eigenvalue weighted by molar-refractivity contribution is 9.10. The van der Waals surface area contributed by atoms with Gasteiger partial charge in [-0.2, -0.15) is 0 Å². The maximum absolute atomic E-state index is 13.1. The molecule has 1 heterocycles. The zero-order valence-corrected chi connectivity index (χ0v) is 17.6. The third-order valence-electron chi connectivity index (χ3n) is 4.25. The quantitative estimate of drug-likeness (QED) is 0.486. The Hall–Kier alpha value is -2.87. The number of benzene rings is 2. The predicted molar refractivity (Wildman–Crippen MR) is 110 cm³/mol. The number of hydrogen-bond acceptors (Lipinski definition) is 4. The first-order valence-electron chi connectivity index (χ1n) is 9.11. The largest absolute Gasteiger partial charge is 0.490 e. The van der Waals surface area contributed by atoms with E-state index in [-0.39, 0.29) is 24.0 Å². The first kappa shape index (κ1) is 20.9. The number of ether oxygens (including phenoxy) is 2. The minimum Gasteiger partial charge on any atom is -0.490 e. The summed E-state index contributed by atoms with van der Waals surface area (Å²) in [6.45, 7) is 4.54. The SMILES string of the molecule is CCOc1cc(/C=C2/NC(=O)N(CC)C2=O)c(Br)cc1OCc1ccc(F)cc1. The van der Waals surface area contributed by atoms with Crippen molar-refractivity contribution in [1.82, 2.24) is 10.2 Å². The van der Waals surface area contributed by atoms with Crippen molar-refractivity contribution in [3.05, 3.63) is 63.5 Å². The zero-order chi connectivity index (χ0) is 21.0. The van der Waals surface area contributed by atoms with Crippen LogP contribution in [0, 0.1) is 5.82 Å². The Kier molecular flexibility index (Phi) is 6.53. The van der Waals surface area contributed by atoms with Gasteiger partial charge in [-0.1, -0.05) is 28.1 Å².